The molecule has 0 saturated carbocycles. The molecule has 1 aromatic carbocycles. The van der Waals surface area contributed by atoms with Crippen molar-refractivity contribution in [2.45, 2.75) is 44.8 Å². The van der Waals surface area contributed by atoms with Crippen molar-refractivity contribution in [1.82, 2.24) is 0 Å². The first-order valence-electron chi connectivity index (χ1n) is 6.38. The van der Waals surface area contributed by atoms with Crippen molar-refractivity contribution >= 4 is 17.3 Å². The van der Waals surface area contributed by atoms with Gasteiger partial charge in [0, 0.05) is 17.7 Å². The molecule has 0 aliphatic carbocycles. The molecule has 18 heavy (non-hydrogen) atoms. The SMILES string of the molecule is CCC1(C)CC(Nc2cc(Cl)ccc2F)CCO1. The van der Waals surface area contributed by atoms with Crippen LogP contribution in [-0.2, 0) is 4.74 Å². The predicted molar refractivity (Wildman–Crippen MR) is 72.7 cm³/mol. The van der Waals surface area contributed by atoms with Gasteiger partial charge in [0.2, 0.25) is 0 Å². The molecule has 1 aromatic rings. The molecule has 2 rings (SSSR count). The molecule has 1 aliphatic rings. The Morgan fingerprint density at radius 1 is 1.56 bits per heavy atom. The van der Waals surface area contributed by atoms with Gasteiger partial charge in [0.05, 0.1) is 11.3 Å². The van der Waals surface area contributed by atoms with Gasteiger partial charge < -0.3 is 10.1 Å². The minimum absolute atomic E-state index is 0.106. The zero-order valence-corrected chi connectivity index (χ0v) is 11.6. The smallest absolute Gasteiger partial charge is 0.146 e. The molecule has 0 amide bonds. The Morgan fingerprint density at radius 3 is 3.06 bits per heavy atom. The number of hydrogen-bond acceptors (Lipinski definition) is 2. The summed E-state index contributed by atoms with van der Waals surface area (Å²) in [4.78, 5) is 0. The van der Waals surface area contributed by atoms with Gasteiger partial charge in [-0.15, -0.1) is 0 Å². The Hall–Kier alpha value is -0.800. The first-order chi connectivity index (χ1) is 8.52. The lowest BCUT2D eigenvalue weighted by Crippen LogP contribution is -2.42. The Bertz CT molecular complexity index is 426. The molecule has 0 spiro atoms. The summed E-state index contributed by atoms with van der Waals surface area (Å²) in [6.07, 6.45) is 2.74. The number of ether oxygens (including phenoxy) is 1. The maximum absolute atomic E-state index is 13.6. The second-order valence-corrected chi connectivity index (χ2v) is 5.55. The fourth-order valence-corrected chi connectivity index (χ4v) is 2.50. The average Bonchev–Trinajstić information content (AvgIpc) is 2.34. The second-order valence-electron chi connectivity index (χ2n) is 5.11. The minimum Gasteiger partial charge on any atom is -0.380 e. The molecule has 1 aliphatic heterocycles. The largest absolute Gasteiger partial charge is 0.380 e. The van der Waals surface area contributed by atoms with E-state index in [1.54, 1.807) is 12.1 Å². The van der Waals surface area contributed by atoms with Gasteiger partial charge in [0.25, 0.3) is 0 Å². The van der Waals surface area contributed by atoms with Gasteiger partial charge in [-0.3, -0.25) is 0 Å². The summed E-state index contributed by atoms with van der Waals surface area (Å²) in [5.41, 5.74) is 0.373. The lowest BCUT2D eigenvalue weighted by molar-refractivity contribution is -0.0709. The van der Waals surface area contributed by atoms with Crippen LogP contribution in [0.25, 0.3) is 0 Å². The van der Waals surface area contributed by atoms with Crippen LogP contribution in [0.1, 0.15) is 33.1 Å². The van der Waals surface area contributed by atoms with Crippen molar-refractivity contribution in [3.63, 3.8) is 0 Å². The summed E-state index contributed by atoms with van der Waals surface area (Å²) in [7, 11) is 0. The van der Waals surface area contributed by atoms with E-state index in [9.17, 15) is 4.39 Å². The third kappa shape index (κ3) is 3.15. The standard InChI is InChI=1S/C14H19ClFNO/c1-3-14(2)9-11(6-7-18-14)17-13-8-10(15)4-5-12(13)16/h4-5,8,11,17H,3,6-7,9H2,1-2H3. The highest BCUT2D eigenvalue weighted by Gasteiger charge is 2.31. The molecular formula is C14H19ClFNO. The highest BCUT2D eigenvalue weighted by atomic mass is 35.5. The molecule has 1 fully saturated rings. The van der Waals surface area contributed by atoms with Gasteiger partial charge in [0.15, 0.2) is 0 Å². The summed E-state index contributed by atoms with van der Waals surface area (Å²) in [6, 6.07) is 4.82. The van der Waals surface area contributed by atoms with Gasteiger partial charge in [-0.05, 0) is 44.4 Å². The highest BCUT2D eigenvalue weighted by Crippen LogP contribution is 2.30. The van der Waals surface area contributed by atoms with E-state index in [0.717, 1.165) is 19.3 Å². The minimum atomic E-state index is -0.260. The molecule has 2 unspecified atom stereocenters. The summed E-state index contributed by atoms with van der Waals surface area (Å²) >= 11 is 5.89. The van der Waals surface area contributed by atoms with Crippen LogP contribution in [-0.4, -0.2) is 18.2 Å². The van der Waals surface area contributed by atoms with Crippen LogP contribution in [0.5, 0.6) is 0 Å². The van der Waals surface area contributed by atoms with E-state index in [1.165, 1.54) is 6.07 Å². The lowest BCUT2D eigenvalue weighted by atomic mass is 9.90. The zero-order valence-electron chi connectivity index (χ0n) is 10.8. The van der Waals surface area contributed by atoms with Crippen LogP contribution in [0.3, 0.4) is 0 Å². The van der Waals surface area contributed by atoms with E-state index in [0.29, 0.717) is 17.3 Å². The van der Waals surface area contributed by atoms with Gasteiger partial charge in [-0.25, -0.2) is 4.39 Å². The molecule has 0 radical (unpaired) electrons. The second kappa shape index (κ2) is 5.45. The Kier molecular flexibility index (Phi) is 4.13. The molecule has 100 valence electrons. The van der Waals surface area contributed by atoms with Crippen molar-refractivity contribution < 1.29 is 9.13 Å². The summed E-state index contributed by atoms with van der Waals surface area (Å²) in [5.74, 6) is -0.260. The number of benzene rings is 1. The Labute approximate surface area is 112 Å². The van der Waals surface area contributed by atoms with Gasteiger partial charge >= 0.3 is 0 Å². The molecule has 0 aromatic heterocycles. The topological polar surface area (TPSA) is 21.3 Å². The van der Waals surface area contributed by atoms with Crippen LogP contribution in [0, 0.1) is 5.82 Å². The van der Waals surface area contributed by atoms with E-state index < -0.39 is 0 Å². The molecule has 2 atom stereocenters. The number of hydrogen-bond donors (Lipinski definition) is 1. The molecule has 1 N–H and O–H groups in total. The third-order valence-electron chi connectivity index (χ3n) is 3.63. The molecule has 4 heteroatoms. The van der Waals surface area contributed by atoms with E-state index in [4.69, 9.17) is 16.3 Å². The maximum Gasteiger partial charge on any atom is 0.146 e. The van der Waals surface area contributed by atoms with E-state index >= 15 is 0 Å². The number of nitrogens with one attached hydrogen (secondary N) is 1. The van der Waals surface area contributed by atoms with Crippen molar-refractivity contribution in [2.24, 2.45) is 0 Å². The number of anilines is 1. The van der Waals surface area contributed by atoms with E-state index in [2.05, 4.69) is 19.2 Å². The zero-order chi connectivity index (χ0) is 13.2. The van der Waals surface area contributed by atoms with Gasteiger partial charge in [0.1, 0.15) is 5.82 Å². The van der Waals surface area contributed by atoms with Crippen LogP contribution >= 0.6 is 11.6 Å². The Morgan fingerprint density at radius 2 is 2.33 bits per heavy atom. The number of rotatable bonds is 3. The third-order valence-corrected chi connectivity index (χ3v) is 3.87. The van der Waals surface area contributed by atoms with Crippen LogP contribution in [0.2, 0.25) is 5.02 Å². The molecular weight excluding hydrogens is 253 g/mol. The molecule has 2 nitrogen and oxygen atoms in total. The van der Waals surface area contributed by atoms with E-state index in [1.807, 2.05) is 0 Å². The highest BCUT2D eigenvalue weighted by molar-refractivity contribution is 6.30. The monoisotopic (exact) mass is 271 g/mol. The summed E-state index contributed by atoms with van der Waals surface area (Å²) < 4.78 is 19.4. The first kappa shape index (κ1) is 13.6. The normalized spacial score (nSPS) is 28.1. The van der Waals surface area contributed by atoms with Crippen LogP contribution < -0.4 is 5.32 Å². The molecule has 1 heterocycles. The summed E-state index contributed by atoms with van der Waals surface area (Å²) in [5, 5.41) is 3.79. The van der Waals surface area contributed by atoms with E-state index in [-0.39, 0.29) is 17.5 Å². The molecule has 1 saturated heterocycles. The van der Waals surface area contributed by atoms with Gasteiger partial charge in [-0.1, -0.05) is 18.5 Å². The van der Waals surface area contributed by atoms with Crippen molar-refractivity contribution in [3.05, 3.63) is 29.0 Å². The fourth-order valence-electron chi connectivity index (χ4n) is 2.33. The average molecular weight is 272 g/mol. The quantitative estimate of drug-likeness (QED) is 0.888. The maximum atomic E-state index is 13.6. The first-order valence-corrected chi connectivity index (χ1v) is 6.76. The Balaban J connectivity index is 2.07. The molecule has 0 bridgehead atoms. The lowest BCUT2D eigenvalue weighted by Gasteiger charge is -2.38. The predicted octanol–water partition coefficient (Wildman–Crippen LogP) is 4.24. The fraction of sp³-hybridized carbons (Fsp3) is 0.571. The van der Waals surface area contributed by atoms with Crippen LogP contribution in [0.15, 0.2) is 18.2 Å². The van der Waals surface area contributed by atoms with Crippen molar-refractivity contribution in [2.75, 3.05) is 11.9 Å². The van der Waals surface area contributed by atoms with Crippen LogP contribution in [0.4, 0.5) is 10.1 Å². The number of halogens is 2. The van der Waals surface area contributed by atoms with Crippen molar-refractivity contribution in [1.29, 1.82) is 0 Å². The van der Waals surface area contributed by atoms with Gasteiger partial charge in [-0.2, -0.15) is 0 Å². The summed E-state index contributed by atoms with van der Waals surface area (Å²) in [6.45, 7) is 4.93. The van der Waals surface area contributed by atoms with Crippen molar-refractivity contribution in [3.8, 4) is 0 Å².